The lowest BCUT2D eigenvalue weighted by Gasteiger charge is -2.32. The minimum atomic E-state index is -0.261. The van der Waals surface area contributed by atoms with Crippen LogP contribution in [0.1, 0.15) is 23.6 Å². The van der Waals surface area contributed by atoms with Gasteiger partial charge < -0.3 is 11.5 Å². The Kier molecular flexibility index (Phi) is 3.45. The molecule has 1 atom stereocenters. The van der Waals surface area contributed by atoms with Crippen molar-refractivity contribution in [2.45, 2.75) is 32.5 Å². The van der Waals surface area contributed by atoms with Crippen LogP contribution < -0.4 is 11.5 Å². The normalized spacial score (nSPS) is 17.5. The van der Waals surface area contributed by atoms with Crippen molar-refractivity contribution in [1.82, 2.24) is 4.90 Å². The van der Waals surface area contributed by atoms with E-state index in [-0.39, 0.29) is 11.9 Å². The number of rotatable bonds is 3. The van der Waals surface area contributed by atoms with Crippen LogP contribution in [0.25, 0.3) is 0 Å². The van der Waals surface area contributed by atoms with Crippen molar-refractivity contribution in [2.24, 2.45) is 11.5 Å². The second-order valence-electron chi connectivity index (χ2n) is 4.61. The number of carbonyl (C=O) groups is 1. The van der Waals surface area contributed by atoms with Gasteiger partial charge in [0.2, 0.25) is 5.91 Å². The quantitative estimate of drug-likeness (QED) is 0.792. The molecular formula is C13H19N3O. The molecule has 4 heteroatoms. The van der Waals surface area contributed by atoms with E-state index in [1.165, 1.54) is 11.1 Å². The van der Waals surface area contributed by atoms with Crippen molar-refractivity contribution in [3.05, 3.63) is 34.9 Å². The van der Waals surface area contributed by atoms with Crippen molar-refractivity contribution < 1.29 is 4.79 Å². The lowest BCUT2D eigenvalue weighted by Crippen LogP contribution is -2.45. The fourth-order valence-corrected chi connectivity index (χ4v) is 2.27. The van der Waals surface area contributed by atoms with Gasteiger partial charge in [0, 0.05) is 19.6 Å². The molecule has 1 unspecified atom stereocenters. The van der Waals surface area contributed by atoms with Crippen LogP contribution in [0.2, 0.25) is 0 Å². The molecule has 1 aliphatic heterocycles. The van der Waals surface area contributed by atoms with E-state index < -0.39 is 0 Å². The Morgan fingerprint density at radius 2 is 2.24 bits per heavy atom. The third kappa shape index (κ3) is 2.48. The molecule has 1 amide bonds. The zero-order valence-corrected chi connectivity index (χ0v) is 10.1. The number of amides is 1. The predicted octanol–water partition coefficient (Wildman–Crippen LogP) is 0.377. The molecule has 1 heterocycles. The lowest BCUT2D eigenvalue weighted by molar-refractivity contribution is -0.123. The van der Waals surface area contributed by atoms with Crippen LogP contribution in [0, 0.1) is 0 Å². The van der Waals surface area contributed by atoms with Gasteiger partial charge in [0.05, 0.1) is 6.04 Å². The summed E-state index contributed by atoms with van der Waals surface area (Å²) >= 11 is 0. The van der Waals surface area contributed by atoms with Gasteiger partial charge in [0.15, 0.2) is 0 Å². The maximum absolute atomic E-state index is 11.2. The SMILES string of the molecule is CC(C(N)=O)N1CCc2ccc(CN)cc2C1. The average Bonchev–Trinajstić information content (AvgIpc) is 2.36. The molecular weight excluding hydrogens is 214 g/mol. The molecule has 0 spiro atoms. The first kappa shape index (κ1) is 12.1. The molecule has 0 aliphatic carbocycles. The molecule has 1 aliphatic rings. The highest BCUT2D eigenvalue weighted by molar-refractivity contribution is 5.79. The summed E-state index contributed by atoms with van der Waals surface area (Å²) in [5, 5.41) is 0. The molecule has 1 aromatic carbocycles. The van der Waals surface area contributed by atoms with Crippen LogP contribution in [0.3, 0.4) is 0 Å². The third-order valence-electron chi connectivity index (χ3n) is 3.51. The molecule has 0 saturated carbocycles. The Hall–Kier alpha value is -1.39. The minimum absolute atomic E-state index is 0.204. The Labute approximate surface area is 102 Å². The van der Waals surface area contributed by atoms with E-state index in [4.69, 9.17) is 11.5 Å². The Morgan fingerprint density at radius 3 is 2.88 bits per heavy atom. The second-order valence-corrected chi connectivity index (χ2v) is 4.61. The van der Waals surface area contributed by atoms with E-state index in [0.717, 1.165) is 25.1 Å². The first-order valence-electron chi connectivity index (χ1n) is 5.96. The Bertz CT molecular complexity index is 431. The van der Waals surface area contributed by atoms with Crippen molar-refractivity contribution in [3.63, 3.8) is 0 Å². The monoisotopic (exact) mass is 233 g/mol. The van der Waals surface area contributed by atoms with E-state index in [0.29, 0.717) is 6.54 Å². The molecule has 0 fully saturated rings. The first-order valence-corrected chi connectivity index (χ1v) is 5.96. The molecule has 0 radical (unpaired) electrons. The van der Waals surface area contributed by atoms with E-state index in [9.17, 15) is 4.79 Å². The summed E-state index contributed by atoms with van der Waals surface area (Å²) in [6, 6.07) is 6.15. The van der Waals surface area contributed by atoms with Crippen molar-refractivity contribution >= 4 is 5.91 Å². The third-order valence-corrected chi connectivity index (χ3v) is 3.51. The molecule has 0 saturated heterocycles. The minimum Gasteiger partial charge on any atom is -0.368 e. The molecule has 4 N–H and O–H groups in total. The van der Waals surface area contributed by atoms with Crippen molar-refractivity contribution in [1.29, 1.82) is 0 Å². The lowest BCUT2D eigenvalue weighted by atomic mass is 9.96. The van der Waals surface area contributed by atoms with E-state index in [1.54, 1.807) is 0 Å². The van der Waals surface area contributed by atoms with Crippen molar-refractivity contribution in [2.75, 3.05) is 6.54 Å². The van der Waals surface area contributed by atoms with Gasteiger partial charge in [-0.2, -0.15) is 0 Å². The molecule has 17 heavy (non-hydrogen) atoms. The van der Waals surface area contributed by atoms with Crippen LogP contribution in [-0.4, -0.2) is 23.4 Å². The number of fused-ring (bicyclic) bond motifs is 1. The van der Waals surface area contributed by atoms with Gasteiger partial charge in [-0.25, -0.2) is 0 Å². The highest BCUT2D eigenvalue weighted by atomic mass is 16.1. The number of carbonyl (C=O) groups excluding carboxylic acids is 1. The molecule has 2 rings (SSSR count). The van der Waals surface area contributed by atoms with Crippen LogP contribution in [0.4, 0.5) is 0 Å². The largest absolute Gasteiger partial charge is 0.368 e. The molecule has 0 aromatic heterocycles. The van der Waals surface area contributed by atoms with E-state index in [1.807, 2.05) is 6.92 Å². The average molecular weight is 233 g/mol. The summed E-state index contributed by atoms with van der Waals surface area (Å²) in [5.74, 6) is -0.261. The Balaban J connectivity index is 2.19. The van der Waals surface area contributed by atoms with Gasteiger partial charge in [-0.05, 0) is 30.0 Å². The molecule has 0 bridgehead atoms. The summed E-state index contributed by atoms with van der Waals surface area (Å²) in [5.41, 5.74) is 14.7. The number of primary amides is 1. The fourth-order valence-electron chi connectivity index (χ4n) is 2.27. The summed E-state index contributed by atoms with van der Waals surface area (Å²) in [4.78, 5) is 13.3. The number of nitrogens with zero attached hydrogens (tertiary/aromatic N) is 1. The zero-order valence-electron chi connectivity index (χ0n) is 10.1. The van der Waals surface area contributed by atoms with Gasteiger partial charge in [-0.1, -0.05) is 18.2 Å². The number of benzene rings is 1. The number of hydrogen-bond donors (Lipinski definition) is 2. The van der Waals surface area contributed by atoms with Gasteiger partial charge in [-0.15, -0.1) is 0 Å². The van der Waals surface area contributed by atoms with Crippen LogP contribution in [-0.2, 0) is 24.3 Å². The van der Waals surface area contributed by atoms with Crippen molar-refractivity contribution in [3.8, 4) is 0 Å². The van der Waals surface area contributed by atoms with Crippen LogP contribution in [0.5, 0.6) is 0 Å². The Morgan fingerprint density at radius 1 is 1.47 bits per heavy atom. The summed E-state index contributed by atoms with van der Waals surface area (Å²) in [6.07, 6.45) is 0.970. The maximum atomic E-state index is 11.2. The first-order chi connectivity index (χ1) is 8.11. The summed E-state index contributed by atoms with van der Waals surface area (Å²) in [7, 11) is 0. The van der Waals surface area contributed by atoms with E-state index >= 15 is 0 Å². The fraction of sp³-hybridized carbons (Fsp3) is 0.462. The highest BCUT2D eigenvalue weighted by Gasteiger charge is 2.23. The number of hydrogen-bond acceptors (Lipinski definition) is 3. The highest BCUT2D eigenvalue weighted by Crippen LogP contribution is 2.21. The van der Waals surface area contributed by atoms with Gasteiger partial charge in [-0.3, -0.25) is 9.69 Å². The second kappa shape index (κ2) is 4.85. The number of nitrogens with two attached hydrogens (primary N) is 2. The zero-order chi connectivity index (χ0) is 12.4. The van der Waals surface area contributed by atoms with Crippen LogP contribution >= 0.6 is 0 Å². The predicted molar refractivity (Wildman–Crippen MR) is 67.1 cm³/mol. The molecule has 1 aromatic rings. The van der Waals surface area contributed by atoms with Crippen LogP contribution in [0.15, 0.2) is 18.2 Å². The topological polar surface area (TPSA) is 72.4 Å². The maximum Gasteiger partial charge on any atom is 0.234 e. The summed E-state index contributed by atoms with van der Waals surface area (Å²) < 4.78 is 0. The standard InChI is InChI=1S/C13H19N3O/c1-9(13(15)17)16-5-4-11-3-2-10(7-14)6-12(11)8-16/h2-3,6,9H,4-5,7-8,14H2,1H3,(H2,15,17). The molecule has 92 valence electrons. The smallest absolute Gasteiger partial charge is 0.234 e. The van der Waals surface area contributed by atoms with E-state index in [2.05, 4.69) is 23.1 Å². The van der Waals surface area contributed by atoms with Gasteiger partial charge >= 0.3 is 0 Å². The van der Waals surface area contributed by atoms with Gasteiger partial charge in [0.25, 0.3) is 0 Å². The van der Waals surface area contributed by atoms with Gasteiger partial charge in [0.1, 0.15) is 0 Å². The summed E-state index contributed by atoms with van der Waals surface area (Å²) in [6.45, 7) is 4.09. The molecule has 4 nitrogen and oxygen atoms in total.